The molecule has 2 aliphatic heterocycles. The van der Waals surface area contributed by atoms with E-state index in [-0.39, 0.29) is 0 Å². The van der Waals surface area contributed by atoms with Gasteiger partial charge in [0.2, 0.25) is 0 Å². The number of likely N-dealkylation sites (tertiary alicyclic amines) is 1. The summed E-state index contributed by atoms with van der Waals surface area (Å²) in [6.07, 6.45) is 5.38. The minimum Gasteiger partial charge on any atom is -0.383 e. The van der Waals surface area contributed by atoms with E-state index >= 15 is 0 Å². The molecule has 2 atom stereocenters. The Balaban J connectivity index is 1.68. The van der Waals surface area contributed by atoms with Gasteiger partial charge in [0, 0.05) is 24.8 Å². The number of nitrogens with zero attached hydrogens (tertiary/aromatic N) is 1. The highest BCUT2D eigenvalue weighted by Crippen LogP contribution is 2.27. The van der Waals surface area contributed by atoms with Gasteiger partial charge in [0.1, 0.15) is 0 Å². The molecule has 1 aromatic rings. The summed E-state index contributed by atoms with van der Waals surface area (Å²) in [7, 11) is 0. The van der Waals surface area contributed by atoms with Crippen LogP contribution in [0, 0.1) is 5.92 Å². The fraction of sp³-hybridized carbons (Fsp3) is 0.625. The molecule has 0 amide bonds. The summed E-state index contributed by atoms with van der Waals surface area (Å²) < 4.78 is 0. The van der Waals surface area contributed by atoms with Crippen molar-refractivity contribution >= 4 is 5.69 Å². The van der Waals surface area contributed by atoms with E-state index < -0.39 is 0 Å². The van der Waals surface area contributed by atoms with Crippen molar-refractivity contribution in [1.29, 1.82) is 0 Å². The molecule has 2 unspecified atom stereocenters. The van der Waals surface area contributed by atoms with Crippen LogP contribution in [0.2, 0.25) is 0 Å². The second-order valence-corrected chi connectivity index (χ2v) is 5.81. The van der Waals surface area contributed by atoms with E-state index in [0.29, 0.717) is 6.04 Å². The molecule has 2 nitrogen and oxygen atoms in total. The quantitative estimate of drug-likeness (QED) is 0.860. The Kier molecular flexibility index (Phi) is 3.55. The summed E-state index contributed by atoms with van der Waals surface area (Å²) in [5.41, 5.74) is 2.84. The normalized spacial score (nSPS) is 28.5. The molecule has 0 radical (unpaired) electrons. The van der Waals surface area contributed by atoms with Gasteiger partial charge in [-0.1, -0.05) is 31.5 Å². The maximum atomic E-state index is 3.60. The first-order valence-corrected chi connectivity index (χ1v) is 7.42. The number of anilines is 1. The van der Waals surface area contributed by atoms with Crippen molar-refractivity contribution in [2.45, 2.75) is 38.6 Å². The van der Waals surface area contributed by atoms with Crippen molar-refractivity contribution in [3.05, 3.63) is 29.8 Å². The lowest BCUT2D eigenvalue weighted by atomic mass is 9.91. The molecule has 0 aliphatic carbocycles. The molecule has 1 saturated heterocycles. The van der Waals surface area contributed by atoms with Crippen LogP contribution in [0.15, 0.2) is 24.3 Å². The Morgan fingerprint density at radius 3 is 3.11 bits per heavy atom. The average Bonchev–Trinajstić information content (AvgIpc) is 2.47. The lowest BCUT2D eigenvalue weighted by Crippen LogP contribution is -2.48. The molecule has 0 saturated carbocycles. The van der Waals surface area contributed by atoms with Gasteiger partial charge in [0.05, 0.1) is 0 Å². The van der Waals surface area contributed by atoms with Crippen LogP contribution in [0.4, 0.5) is 5.69 Å². The fourth-order valence-electron chi connectivity index (χ4n) is 3.44. The zero-order valence-electron chi connectivity index (χ0n) is 11.4. The first-order chi connectivity index (χ1) is 8.86. The van der Waals surface area contributed by atoms with Gasteiger partial charge < -0.3 is 5.32 Å². The maximum absolute atomic E-state index is 3.60. The Labute approximate surface area is 110 Å². The topological polar surface area (TPSA) is 15.3 Å². The van der Waals surface area contributed by atoms with Crippen LogP contribution < -0.4 is 5.32 Å². The highest BCUT2D eigenvalue weighted by atomic mass is 15.2. The molecular formula is C16H24N2. The van der Waals surface area contributed by atoms with Crippen LogP contribution >= 0.6 is 0 Å². The molecule has 3 rings (SSSR count). The van der Waals surface area contributed by atoms with E-state index in [0.717, 1.165) is 12.5 Å². The van der Waals surface area contributed by atoms with E-state index in [1.807, 2.05) is 0 Å². The van der Waals surface area contributed by atoms with Gasteiger partial charge in [-0.2, -0.15) is 0 Å². The van der Waals surface area contributed by atoms with Crippen molar-refractivity contribution < 1.29 is 0 Å². The largest absolute Gasteiger partial charge is 0.383 e. The Hall–Kier alpha value is -1.02. The zero-order chi connectivity index (χ0) is 12.4. The van der Waals surface area contributed by atoms with Crippen LogP contribution in [0.25, 0.3) is 0 Å². The Bertz CT molecular complexity index is 402. The molecule has 0 spiro atoms. The maximum Gasteiger partial charge on any atom is 0.0373 e. The highest BCUT2D eigenvalue weighted by molar-refractivity contribution is 5.53. The van der Waals surface area contributed by atoms with E-state index in [9.17, 15) is 0 Å². The summed E-state index contributed by atoms with van der Waals surface area (Å²) >= 11 is 0. The zero-order valence-corrected chi connectivity index (χ0v) is 11.4. The van der Waals surface area contributed by atoms with Gasteiger partial charge in [-0.3, -0.25) is 4.90 Å². The summed E-state index contributed by atoms with van der Waals surface area (Å²) in [5.74, 6) is 0.927. The second kappa shape index (κ2) is 5.31. The number of fused-ring (bicyclic) bond motifs is 1. The van der Waals surface area contributed by atoms with E-state index in [4.69, 9.17) is 0 Å². The molecule has 2 aliphatic rings. The molecule has 2 heteroatoms. The van der Waals surface area contributed by atoms with Crippen molar-refractivity contribution in [1.82, 2.24) is 4.90 Å². The molecule has 0 bridgehead atoms. The van der Waals surface area contributed by atoms with Crippen molar-refractivity contribution in [3.8, 4) is 0 Å². The summed E-state index contributed by atoms with van der Waals surface area (Å²) in [5, 5.41) is 3.60. The molecule has 2 heterocycles. The third-order valence-corrected chi connectivity index (χ3v) is 4.65. The number of nitrogens with one attached hydrogen (secondary N) is 1. The van der Waals surface area contributed by atoms with E-state index in [2.05, 4.69) is 41.4 Å². The van der Waals surface area contributed by atoms with Crippen LogP contribution in [0.5, 0.6) is 0 Å². The van der Waals surface area contributed by atoms with Crippen molar-refractivity contribution in [2.75, 3.05) is 25.0 Å². The van der Waals surface area contributed by atoms with Gasteiger partial charge >= 0.3 is 0 Å². The smallest absolute Gasteiger partial charge is 0.0373 e. The number of hydrogen-bond acceptors (Lipinski definition) is 2. The van der Waals surface area contributed by atoms with E-state index in [1.54, 1.807) is 0 Å². The van der Waals surface area contributed by atoms with Gasteiger partial charge in [0.25, 0.3) is 0 Å². The minimum absolute atomic E-state index is 0.703. The van der Waals surface area contributed by atoms with Crippen LogP contribution in [0.1, 0.15) is 31.7 Å². The highest BCUT2D eigenvalue weighted by Gasteiger charge is 2.27. The Morgan fingerprint density at radius 1 is 1.33 bits per heavy atom. The lowest BCUT2D eigenvalue weighted by Gasteiger charge is -2.40. The van der Waals surface area contributed by atoms with Gasteiger partial charge in [-0.25, -0.2) is 0 Å². The van der Waals surface area contributed by atoms with Gasteiger partial charge in [-0.05, 0) is 43.4 Å². The standard InChI is InChI=1S/C16H24N2/c1-2-13-6-5-9-18(12-13)15-10-14-7-3-4-8-16(14)17-11-15/h3-4,7-8,13,15,17H,2,5-6,9-12H2,1H3. The second-order valence-electron chi connectivity index (χ2n) is 5.81. The average molecular weight is 244 g/mol. The first kappa shape index (κ1) is 12.0. The Morgan fingerprint density at radius 2 is 2.22 bits per heavy atom. The SMILES string of the molecule is CCC1CCCN(C2CNc3ccccc3C2)C1. The molecular weight excluding hydrogens is 220 g/mol. The van der Waals surface area contributed by atoms with Crippen molar-refractivity contribution in [3.63, 3.8) is 0 Å². The van der Waals surface area contributed by atoms with Crippen LogP contribution in [-0.2, 0) is 6.42 Å². The van der Waals surface area contributed by atoms with E-state index in [1.165, 1.54) is 50.0 Å². The molecule has 18 heavy (non-hydrogen) atoms. The predicted molar refractivity (Wildman–Crippen MR) is 77.0 cm³/mol. The number of hydrogen-bond donors (Lipinski definition) is 1. The van der Waals surface area contributed by atoms with Crippen molar-refractivity contribution in [2.24, 2.45) is 5.92 Å². The molecule has 1 fully saturated rings. The fourth-order valence-corrected chi connectivity index (χ4v) is 3.44. The molecule has 1 N–H and O–H groups in total. The number of para-hydroxylation sites is 1. The van der Waals surface area contributed by atoms with Crippen LogP contribution in [-0.4, -0.2) is 30.6 Å². The summed E-state index contributed by atoms with van der Waals surface area (Å²) in [6.45, 7) is 6.06. The van der Waals surface area contributed by atoms with Gasteiger partial charge in [-0.15, -0.1) is 0 Å². The molecule has 1 aromatic carbocycles. The monoisotopic (exact) mass is 244 g/mol. The third kappa shape index (κ3) is 2.39. The number of benzene rings is 1. The summed E-state index contributed by atoms with van der Waals surface area (Å²) in [6, 6.07) is 9.47. The van der Waals surface area contributed by atoms with Gasteiger partial charge in [0.15, 0.2) is 0 Å². The molecule has 0 aromatic heterocycles. The lowest BCUT2D eigenvalue weighted by molar-refractivity contribution is 0.124. The minimum atomic E-state index is 0.703. The first-order valence-electron chi connectivity index (χ1n) is 7.42. The number of piperidine rings is 1. The summed E-state index contributed by atoms with van der Waals surface area (Å²) in [4.78, 5) is 2.72. The predicted octanol–water partition coefficient (Wildman–Crippen LogP) is 3.15. The van der Waals surface area contributed by atoms with Crippen LogP contribution in [0.3, 0.4) is 0 Å². The third-order valence-electron chi connectivity index (χ3n) is 4.65. The number of rotatable bonds is 2. The molecule has 98 valence electrons.